The van der Waals surface area contributed by atoms with Crippen LogP contribution >= 0.6 is 23.5 Å². The van der Waals surface area contributed by atoms with Gasteiger partial charge in [0.05, 0.1) is 0 Å². The smallest absolute Gasteiger partial charge is 0.352 e. The van der Waals surface area contributed by atoms with Gasteiger partial charge in [-0.25, -0.2) is 9.48 Å². The Balaban J connectivity index is 1.41. The van der Waals surface area contributed by atoms with Crippen LogP contribution < -0.4 is 5.32 Å². The van der Waals surface area contributed by atoms with Gasteiger partial charge < -0.3 is 19.9 Å². The summed E-state index contributed by atoms with van der Waals surface area (Å²) in [5.74, 6) is -3.01. The van der Waals surface area contributed by atoms with Crippen molar-refractivity contribution in [2.45, 2.75) is 29.6 Å². The van der Waals surface area contributed by atoms with Gasteiger partial charge in [0, 0.05) is 11.5 Å². The molecule has 15 nitrogen and oxygen atoms in total. The third kappa shape index (κ3) is 4.42. The highest BCUT2D eigenvalue weighted by molar-refractivity contribution is 8.01. The normalized spacial score (nSPS) is 20.0. The molecule has 3 N–H and O–H groups in total. The molecule has 0 aromatic carbocycles. The Bertz CT molecular complexity index is 1100. The van der Waals surface area contributed by atoms with Crippen molar-refractivity contribution >= 4 is 47.3 Å². The lowest BCUT2D eigenvalue weighted by atomic mass is 10.0. The Labute approximate surface area is 186 Å². The van der Waals surface area contributed by atoms with Crippen molar-refractivity contribution in [3.05, 3.63) is 23.5 Å². The number of tetrazole rings is 1. The van der Waals surface area contributed by atoms with E-state index < -0.39 is 41.6 Å². The largest absolute Gasteiger partial charge is 0.481 e. The molecule has 0 saturated carbocycles. The van der Waals surface area contributed by atoms with Crippen LogP contribution in [-0.4, -0.2) is 92.2 Å². The second-order valence-electron chi connectivity index (χ2n) is 6.54. The van der Waals surface area contributed by atoms with Crippen LogP contribution in [0.25, 0.3) is 0 Å². The van der Waals surface area contributed by atoms with Crippen molar-refractivity contribution in [1.82, 2.24) is 40.6 Å². The number of carbonyl (C=O) groups excluding carboxylic acids is 2. The quantitative estimate of drug-likeness (QED) is 0.267. The van der Waals surface area contributed by atoms with Gasteiger partial charge in [0.2, 0.25) is 11.8 Å². The minimum atomic E-state index is -1.27. The molecule has 1 saturated heterocycles. The molecule has 17 heteroatoms. The number of carboxylic acids is 2. The van der Waals surface area contributed by atoms with E-state index in [2.05, 4.69) is 31.0 Å². The van der Waals surface area contributed by atoms with Gasteiger partial charge in [-0.2, -0.15) is 0 Å². The number of β-lactam (4-membered cyclic amide) rings is 1. The lowest BCUT2D eigenvalue weighted by Crippen LogP contribution is -2.70. The minimum Gasteiger partial charge on any atom is -0.481 e. The van der Waals surface area contributed by atoms with Gasteiger partial charge in [-0.1, -0.05) is 11.8 Å². The van der Waals surface area contributed by atoms with Gasteiger partial charge >= 0.3 is 11.9 Å². The van der Waals surface area contributed by atoms with Gasteiger partial charge in [-0.3, -0.25) is 19.3 Å². The first-order valence-electron chi connectivity index (χ1n) is 8.90. The fourth-order valence-corrected chi connectivity index (χ4v) is 5.32. The molecule has 1 unspecified atom stereocenters. The monoisotopic (exact) mass is 482 g/mol. The Morgan fingerprint density at radius 2 is 2.12 bits per heavy atom. The zero-order chi connectivity index (χ0) is 22.8. The third-order valence-electron chi connectivity index (χ3n) is 4.38. The van der Waals surface area contributed by atoms with Gasteiger partial charge in [-0.15, -0.1) is 27.1 Å². The molecule has 1 fully saturated rings. The number of rotatable bonds is 9. The highest BCUT2D eigenvalue weighted by Crippen LogP contribution is 2.41. The number of thioether (sulfide) groups is 2. The first-order valence-corrected chi connectivity index (χ1v) is 10.9. The second-order valence-corrected chi connectivity index (χ2v) is 8.57. The summed E-state index contributed by atoms with van der Waals surface area (Å²) < 4.78 is 6.40. The van der Waals surface area contributed by atoms with Crippen molar-refractivity contribution in [2.24, 2.45) is 0 Å². The number of nitrogens with one attached hydrogen (secondary N) is 1. The molecule has 2 aliphatic heterocycles. The molecule has 0 spiro atoms. The lowest BCUT2D eigenvalue weighted by Gasteiger charge is -2.49. The topological polar surface area (TPSA) is 207 Å². The molecule has 4 rings (SSSR count). The van der Waals surface area contributed by atoms with Gasteiger partial charge in [0.25, 0.3) is 11.1 Å². The molecule has 2 aromatic heterocycles. The van der Waals surface area contributed by atoms with Crippen LogP contribution in [0, 0.1) is 0 Å². The number of hydrogen-bond donors (Lipinski definition) is 3. The van der Waals surface area contributed by atoms with E-state index in [-0.39, 0.29) is 29.1 Å². The highest BCUT2D eigenvalue weighted by atomic mass is 32.2. The van der Waals surface area contributed by atoms with E-state index in [0.717, 1.165) is 16.7 Å². The number of nitrogens with zero attached hydrogens (tertiary/aromatic N) is 7. The number of hydrogen-bond acceptors (Lipinski definition) is 12. The molecule has 2 aliphatic rings. The average Bonchev–Trinajstić information content (AvgIpc) is 3.41. The summed E-state index contributed by atoms with van der Waals surface area (Å²) in [7, 11) is 0. The summed E-state index contributed by atoms with van der Waals surface area (Å²) in [5.41, 5.74) is 0.316. The van der Waals surface area contributed by atoms with Gasteiger partial charge in [0.1, 0.15) is 36.4 Å². The first kappa shape index (κ1) is 21.8. The predicted molar refractivity (Wildman–Crippen MR) is 104 cm³/mol. The molecule has 0 bridgehead atoms. The second kappa shape index (κ2) is 8.95. The maximum atomic E-state index is 12.6. The van der Waals surface area contributed by atoms with Crippen molar-refractivity contribution in [3.8, 4) is 0 Å². The molecule has 2 atom stereocenters. The maximum absolute atomic E-state index is 12.6. The Kier molecular flexibility index (Phi) is 6.08. The number of aliphatic carboxylic acids is 2. The van der Waals surface area contributed by atoms with E-state index in [1.807, 2.05) is 0 Å². The summed E-state index contributed by atoms with van der Waals surface area (Å²) in [4.78, 5) is 48.5. The predicted octanol–water partition coefficient (Wildman–Crippen LogP) is -1.79. The maximum Gasteiger partial charge on any atom is 0.352 e. The standard InChI is InChI=1S/C15H14N8O7S2/c24-7(2-22-5-16-20-21-22)17-10-12(27)23-11(14(28)29)6(3-31-13(10)23)4-32-15-19-18-8(30-15)1-9(25)26/h5,10,13H,1-4H2,(H,17,24)(H,25,26)(H,28,29)/t10?,13-/m1/s1. The van der Waals surface area contributed by atoms with Crippen molar-refractivity contribution in [1.29, 1.82) is 0 Å². The molecule has 2 aromatic rings. The molecular weight excluding hydrogens is 468 g/mol. The van der Waals surface area contributed by atoms with Crippen LogP contribution in [0.3, 0.4) is 0 Å². The van der Waals surface area contributed by atoms with Crippen LogP contribution in [-0.2, 0) is 32.1 Å². The van der Waals surface area contributed by atoms with E-state index in [1.54, 1.807) is 0 Å². The molecule has 168 valence electrons. The van der Waals surface area contributed by atoms with Crippen molar-refractivity contribution in [3.63, 3.8) is 0 Å². The summed E-state index contributed by atoms with van der Waals surface area (Å²) in [5, 5.41) is 38.3. The van der Waals surface area contributed by atoms with Crippen molar-refractivity contribution < 1.29 is 33.8 Å². The number of aromatic nitrogens is 6. The van der Waals surface area contributed by atoms with E-state index in [0.29, 0.717) is 11.3 Å². The van der Waals surface area contributed by atoms with E-state index in [1.165, 1.54) is 22.8 Å². The average molecular weight is 482 g/mol. The van der Waals surface area contributed by atoms with Crippen LogP contribution in [0.5, 0.6) is 0 Å². The van der Waals surface area contributed by atoms with Gasteiger partial charge in [0.15, 0.2) is 0 Å². The molecule has 0 aliphatic carbocycles. The Hall–Kier alpha value is -3.47. The number of fused-ring (bicyclic) bond motifs is 1. The summed E-state index contributed by atoms with van der Waals surface area (Å²) in [6.07, 6.45) is 0.837. The fraction of sp³-hybridized carbons (Fsp3) is 0.400. The molecule has 4 heterocycles. The van der Waals surface area contributed by atoms with E-state index in [4.69, 9.17) is 9.52 Å². The lowest BCUT2D eigenvalue weighted by molar-refractivity contribution is -0.150. The summed E-state index contributed by atoms with van der Waals surface area (Å²) >= 11 is 2.36. The molecule has 2 amide bonds. The third-order valence-corrected chi connectivity index (χ3v) is 6.63. The molecule has 32 heavy (non-hydrogen) atoms. The van der Waals surface area contributed by atoms with Crippen molar-refractivity contribution in [2.75, 3.05) is 11.5 Å². The summed E-state index contributed by atoms with van der Waals surface area (Å²) in [6.45, 7) is -0.175. The van der Waals surface area contributed by atoms with E-state index >= 15 is 0 Å². The van der Waals surface area contributed by atoms with Crippen LogP contribution in [0.15, 0.2) is 27.2 Å². The highest BCUT2D eigenvalue weighted by Gasteiger charge is 2.54. The minimum absolute atomic E-state index is 0.0660. The Morgan fingerprint density at radius 1 is 1.31 bits per heavy atom. The SMILES string of the molecule is O=C(O)Cc1nnc(SCC2=C(C(=O)O)N3C(=O)C(NC(=O)Cn4cnnn4)[C@H]3SC2)o1. The molecular formula is C15H14N8O7S2. The Morgan fingerprint density at radius 3 is 2.81 bits per heavy atom. The van der Waals surface area contributed by atoms with Crippen LogP contribution in [0.1, 0.15) is 5.89 Å². The zero-order valence-corrected chi connectivity index (χ0v) is 17.6. The van der Waals surface area contributed by atoms with Gasteiger partial charge in [-0.05, 0) is 16.0 Å². The zero-order valence-electron chi connectivity index (χ0n) is 15.9. The van der Waals surface area contributed by atoms with Crippen LogP contribution in [0.4, 0.5) is 0 Å². The fourth-order valence-electron chi connectivity index (χ4n) is 3.06. The number of carboxylic acid groups (broad SMARTS) is 2. The number of amides is 2. The summed E-state index contributed by atoms with van der Waals surface area (Å²) in [6, 6.07) is -0.859. The van der Waals surface area contributed by atoms with E-state index in [9.17, 15) is 24.3 Å². The van der Waals surface area contributed by atoms with Crippen LogP contribution in [0.2, 0.25) is 0 Å². The number of carbonyl (C=O) groups is 4. The molecule has 0 radical (unpaired) electrons. The first-order chi connectivity index (χ1) is 15.3.